The maximum atomic E-state index is 12.8. The van der Waals surface area contributed by atoms with Crippen molar-refractivity contribution in [3.63, 3.8) is 0 Å². The number of hydrazone groups is 1. The highest BCUT2D eigenvalue weighted by molar-refractivity contribution is 7.98. The van der Waals surface area contributed by atoms with E-state index < -0.39 is 15.9 Å². The summed E-state index contributed by atoms with van der Waals surface area (Å²) in [6.45, 7) is 1.05. The number of carbonyl (C=O) groups excluding carboxylic acids is 1. The zero-order valence-corrected chi connectivity index (χ0v) is 17.3. The monoisotopic (exact) mass is 417 g/mol. The molecular weight excluding hydrogens is 394 g/mol. The van der Waals surface area contributed by atoms with Crippen molar-refractivity contribution in [3.8, 4) is 0 Å². The number of nitrogens with zero attached hydrogens (tertiary/aromatic N) is 2. The zero-order valence-electron chi connectivity index (χ0n) is 15.7. The summed E-state index contributed by atoms with van der Waals surface area (Å²) in [5.41, 5.74) is 3.57. The molecule has 1 heterocycles. The number of sulfonamides is 1. The van der Waals surface area contributed by atoms with Gasteiger partial charge < -0.3 is 0 Å². The Hall–Kier alpha value is -2.16. The predicted molar refractivity (Wildman–Crippen MR) is 112 cm³/mol. The maximum Gasteiger partial charge on any atom is 0.271 e. The van der Waals surface area contributed by atoms with E-state index in [0.717, 1.165) is 29.7 Å². The van der Waals surface area contributed by atoms with Gasteiger partial charge in [-0.2, -0.15) is 9.41 Å². The second-order valence-corrected chi connectivity index (χ2v) is 9.28. The Morgan fingerprint density at radius 2 is 1.82 bits per heavy atom. The van der Waals surface area contributed by atoms with Gasteiger partial charge in [0.1, 0.15) is 0 Å². The quantitative estimate of drug-likeness (QED) is 0.444. The summed E-state index contributed by atoms with van der Waals surface area (Å²) in [5.74, 6) is -0.451. The Labute approximate surface area is 170 Å². The molecule has 28 heavy (non-hydrogen) atoms. The topological polar surface area (TPSA) is 78.8 Å². The molecular formula is C20H23N3O3S2. The number of amides is 1. The van der Waals surface area contributed by atoms with Crippen molar-refractivity contribution in [2.24, 2.45) is 5.10 Å². The van der Waals surface area contributed by atoms with Gasteiger partial charge in [-0.25, -0.2) is 13.8 Å². The van der Waals surface area contributed by atoms with E-state index in [4.69, 9.17) is 0 Å². The minimum absolute atomic E-state index is 0.138. The summed E-state index contributed by atoms with van der Waals surface area (Å²) in [6, 6.07) is 13.9. The van der Waals surface area contributed by atoms with E-state index in [1.807, 2.05) is 30.5 Å². The molecule has 0 atom stereocenters. The number of carbonyl (C=O) groups is 1. The van der Waals surface area contributed by atoms with Gasteiger partial charge in [-0.15, -0.1) is 11.8 Å². The van der Waals surface area contributed by atoms with Gasteiger partial charge in [-0.1, -0.05) is 24.6 Å². The highest BCUT2D eigenvalue weighted by Crippen LogP contribution is 2.21. The lowest BCUT2D eigenvalue weighted by Gasteiger charge is -2.25. The standard InChI is InChI=1S/C20H23N3O3S2/c1-27-18-10-8-16(9-11-18)15-21-22-20(24)17-6-5-7-19(14-17)28(25,26)23-12-3-2-4-13-23/h5-11,14-15H,2-4,12-13H2,1H3,(H,22,24). The molecule has 1 aliphatic rings. The number of hydrogen-bond donors (Lipinski definition) is 1. The van der Waals surface area contributed by atoms with Crippen LogP contribution in [0, 0.1) is 0 Å². The number of thioether (sulfide) groups is 1. The molecule has 2 aromatic carbocycles. The largest absolute Gasteiger partial charge is 0.271 e. The van der Waals surface area contributed by atoms with Crippen molar-refractivity contribution < 1.29 is 13.2 Å². The van der Waals surface area contributed by atoms with Crippen molar-refractivity contribution in [1.82, 2.24) is 9.73 Å². The fraction of sp³-hybridized carbons (Fsp3) is 0.300. The summed E-state index contributed by atoms with van der Waals surface area (Å²) >= 11 is 1.65. The first-order valence-electron chi connectivity index (χ1n) is 9.08. The molecule has 1 N–H and O–H groups in total. The van der Waals surface area contributed by atoms with Gasteiger partial charge >= 0.3 is 0 Å². The van der Waals surface area contributed by atoms with Crippen LogP contribution in [0.15, 0.2) is 63.4 Å². The minimum Gasteiger partial charge on any atom is -0.267 e. The van der Waals surface area contributed by atoms with Gasteiger partial charge in [0.25, 0.3) is 5.91 Å². The van der Waals surface area contributed by atoms with Crippen LogP contribution < -0.4 is 5.43 Å². The van der Waals surface area contributed by atoms with Crippen LogP contribution in [0.25, 0.3) is 0 Å². The number of nitrogens with one attached hydrogen (secondary N) is 1. The Morgan fingerprint density at radius 3 is 2.50 bits per heavy atom. The Bertz CT molecular complexity index is 951. The molecule has 1 aliphatic heterocycles. The fourth-order valence-electron chi connectivity index (χ4n) is 2.97. The molecule has 0 aliphatic carbocycles. The first-order chi connectivity index (χ1) is 13.5. The third-order valence-corrected chi connectivity index (χ3v) is 7.18. The summed E-state index contributed by atoms with van der Waals surface area (Å²) in [6.07, 6.45) is 6.34. The molecule has 3 rings (SSSR count). The van der Waals surface area contributed by atoms with Crippen molar-refractivity contribution in [1.29, 1.82) is 0 Å². The van der Waals surface area contributed by atoms with E-state index in [2.05, 4.69) is 10.5 Å². The van der Waals surface area contributed by atoms with Gasteiger partial charge in [0.15, 0.2) is 0 Å². The Kier molecular flexibility index (Phi) is 6.88. The van der Waals surface area contributed by atoms with Crippen LogP contribution in [0.5, 0.6) is 0 Å². The van der Waals surface area contributed by atoms with E-state index >= 15 is 0 Å². The van der Waals surface area contributed by atoms with Crippen LogP contribution in [0.2, 0.25) is 0 Å². The van der Waals surface area contributed by atoms with Gasteiger partial charge in [-0.05, 0) is 55.0 Å². The van der Waals surface area contributed by atoms with Crippen LogP contribution in [-0.4, -0.2) is 44.2 Å². The number of piperidine rings is 1. The smallest absolute Gasteiger partial charge is 0.267 e. The molecule has 0 aromatic heterocycles. The summed E-state index contributed by atoms with van der Waals surface area (Å²) < 4.78 is 27.0. The molecule has 6 nitrogen and oxygen atoms in total. The number of hydrogen-bond acceptors (Lipinski definition) is 5. The third-order valence-electron chi connectivity index (χ3n) is 4.54. The first-order valence-corrected chi connectivity index (χ1v) is 11.7. The maximum absolute atomic E-state index is 12.8. The highest BCUT2D eigenvalue weighted by atomic mass is 32.2. The lowest BCUT2D eigenvalue weighted by atomic mass is 10.2. The van der Waals surface area contributed by atoms with E-state index in [0.29, 0.717) is 13.1 Å². The Balaban J connectivity index is 1.68. The van der Waals surface area contributed by atoms with Gasteiger partial charge in [0.2, 0.25) is 10.0 Å². The van der Waals surface area contributed by atoms with Crippen LogP contribution in [-0.2, 0) is 10.0 Å². The van der Waals surface area contributed by atoms with Gasteiger partial charge in [0.05, 0.1) is 11.1 Å². The lowest BCUT2D eigenvalue weighted by Crippen LogP contribution is -2.35. The molecule has 0 bridgehead atoms. The minimum atomic E-state index is -3.58. The average molecular weight is 418 g/mol. The SMILES string of the molecule is CSc1ccc(C=NNC(=O)c2cccc(S(=O)(=O)N3CCCCC3)c2)cc1. The van der Waals surface area contributed by atoms with Crippen LogP contribution >= 0.6 is 11.8 Å². The van der Waals surface area contributed by atoms with Gasteiger partial charge in [0, 0.05) is 23.5 Å². The summed E-state index contributed by atoms with van der Waals surface area (Å²) in [5, 5.41) is 3.96. The highest BCUT2D eigenvalue weighted by Gasteiger charge is 2.26. The molecule has 1 amide bonds. The predicted octanol–water partition coefficient (Wildman–Crippen LogP) is 3.35. The van der Waals surface area contributed by atoms with E-state index in [1.54, 1.807) is 30.1 Å². The van der Waals surface area contributed by atoms with E-state index in [1.165, 1.54) is 16.4 Å². The molecule has 1 fully saturated rings. The first kappa shape index (κ1) is 20.6. The van der Waals surface area contributed by atoms with E-state index in [-0.39, 0.29) is 10.5 Å². The molecule has 0 unspecified atom stereocenters. The molecule has 148 valence electrons. The molecule has 1 saturated heterocycles. The van der Waals surface area contributed by atoms with Crippen LogP contribution in [0.1, 0.15) is 35.2 Å². The molecule has 0 radical (unpaired) electrons. The molecule has 0 spiro atoms. The zero-order chi connectivity index (χ0) is 20.0. The fourth-order valence-corrected chi connectivity index (χ4v) is 4.94. The van der Waals surface area contributed by atoms with Crippen molar-refractivity contribution in [2.75, 3.05) is 19.3 Å². The lowest BCUT2D eigenvalue weighted by molar-refractivity contribution is 0.0955. The molecule has 0 saturated carbocycles. The number of benzene rings is 2. The van der Waals surface area contributed by atoms with Crippen LogP contribution in [0.3, 0.4) is 0 Å². The Morgan fingerprint density at radius 1 is 1.11 bits per heavy atom. The summed E-state index contributed by atoms with van der Waals surface area (Å²) in [4.78, 5) is 13.6. The van der Waals surface area contributed by atoms with E-state index in [9.17, 15) is 13.2 Å². The summed E-state index contributed by atoms with van der Waals surface area (Å²) in [7, 11) is -3.58. The van der Waals surface area contributed by atoms with Gasteiger partial charge in [-0.3, -0.25) is 4.79 Å². The molecule has 2 aromatic rings. The van der Waals surface area contributed by atoms with Crippen molar-refractivity contribution in [2.45, 2.75) is 29.1 Å². The normalized spacial score (nSPS) is 15.6. The second kappa shape index (κ2) is 9.36. The third kappa shape index (κ3) is 5.01. The molecule has 8 heteroatoms. The van der Waals surface area contributed by atoms with Crippen LogP contribution in [0.4, 0.5) is 0 Å². The van der Waals surface area contributed by atoms with Crippen molar-refractivity contribution in [3.05, 3.63) is 59.7 Å². The second-order valence-electron chi connectivity index (χ2n) is 6.46. The number of rotatable bonds is 6. The van der Waals surface area contributed by atoms with Crippen molar-refractivity contribution >= 4 is 33.9 Å². The average Bonchev–Trinajstić information content (AvgIpc) is 2.75.